The fourth-order valence-electron chi connectivity index (χ4n) is 3.97. The largest absolute Gasteiger partial charge is 0.464 e. The van der Waals surface area contributed by atoms with Crippen LogP contribution in [-0.2, 0) is 14.3 Å². The number of likely N-dealkylation sites (tertiary alicyclic amines) is 1. The van der Waals surface area contributed by atoms with E-state index < -0.39 is 11.6 Å². The Bertz CT molecular complexity index is 442. The van der Waals surface area contributed by atoms with Crippen LogP contribution in [-0.4, -0.2) is 41.3 Å². The van der Waals surface area contributed by atoms with Crippen LogP contribution in [0.4, 0.5) is 4.79 Å². The zero-order valence-electron chi connectivity index (χ0n) is 12.6. The van der Waals surface area contributed by atoms with Gasteiger partial charge in [0.15, 0.2) is 0 Å². The van der Waals surface area contributed by atoms with E-state index in [1.165, 1.54) is 0 Å². The van der Waals surface area contributed by atoms with E-state index in [2.05, 4.69) is 0 Å². The Morgan fingerprint density at radius 2 is 1.85 bits per heavy atom. The third-order valence-electron chi connectivity index (χ3n) is 4.64. The van der Waals surface area contributed by atoms with Gasteiger partial charge in [0, 0.05) is 6.04 Å². The molecule has 1 saturated heterocycles. The topological polar surface area (TPSA) is 55.8 Å². The summed E-state index contributed by atoms with van der Waals surface area (Å²) in [5.41, 5.74) is -0.541. The highest BCUT2D eigenvalue weighted by atomic mass is 16.6. The van der Waals surface area contributed by atoms with E-state index in [-0.39, 0.29) is 24.0 Å². The van der Waals surface area contributed by atoms with Gasteiger partial charge < -0.3 is 9.47 Å². The Balaban J connectivity index is 1.80. The lowest BCUT2D eigenvalue weighted by atomic mass is 9.97. The van der Waals surface area contributed by atoms with Gasteiger partial charge in [0.2, 0.25) is 0 Å². The van der Waals surface area contributed by atoms with Crippen molar-refractivity contribution in [2.45, 2.75) is 58.2 Å². The number of piperidine rings is 1. The van der Waals surface area contributed by atoms with Gasteiger partial charge in [0.1, 0.15) is 11.6 Å². The minimum absolute atomic E-state index is 0.175. The number of hydrogen-bond acceptors (Lipinski definition) is 4. The van der Waals surface area contributed by atoms with Gasteiger partial charge in [-0.25, -0.2) is 9.59 Å². The molecule has 3 aliphatic rings. The van der Waals surface area contributed by atoms with E-state index in [0.717, 1.165) is 12.8 Å². The van der Waals surface area contributed by atoms with Crippen molar-refractivity contribution < 1.29 is 19.1 Å². The van der Waals surface area contributed by atoms with Crippen LogP contribution in [0.1, 0.15) is 40.5 Å². The number of nitrogens with zero attached hydrogens (tertiary/aromatic N) is 1. The highest BCUT2D eigenvalue weighted by Crippen LogP contribution is 2.63. The van der Waals surface area contributed by atoms with Crippen LogP contribution < -0.4 is 0 Å². The molecule has 5 heteroatoms. The summed E-state index contributed by atoms with van der Waals surface area (Å²) >= 11 is 0. The molecule has 5 atom stereocenters. The van der Waals surface area contributed by atoms with Crippen LogP contribution in [0.5, 0.6) is 0 Å². The van der Waals surface area contributed by atoms with Crippen molar-refractivity contribution in [3.63, 3.8) is 0 Å². The van der Waals surface area contributed by atoms with E-state index in [0.29, 0.717) is 18.4 Å². The Morgan fingerprint density at radius 3 is 2.45 bits per heavy atom. The molecule has 1 heterocycles. The smallest absolute Gasteiger partial charge is 0.411 e. The van der Waals surface area contributed by atoms with Crippen LogP contribution in [0, 0.1) is 17.8 Å². The zero-order valence-corrected chi connectivity index (χ0v) is 12.6. The molecule has 0 aromatic rings. The predicted octanol–water partition coefficient (Wildman–Crippen LogP) is 2.19. The molecule has 0 unspecified atom stereocenters. The molecule has 2 bridgehead atoms. The molecule has 0 N–H and O–H groups in total. The summed E-state index contributed by atoms with van der Waals surface area (Å²) in [6, 6.07) is -0.257. The maximum atomic E-state index is 12.4. The van der Waals surface area contributed by atoms with E-state index in [1.807, 2.05) is 20.8 Å². The average molecular weight is 281 g/mol. The minimum Gasteiger partial charge on any atom is -0.464 e. The van der Waals surface area contributed by atoms with Crippen molar-refractivity contribution >= 4 is 12.1 Å². The van der Waals surface area contributed by atoms with Crippen LogP contribution in [0.15, 0.2) is 0 Å². The Kier molecular flexibility index (Phi) is 2.99. The van der Waals surface area contributed by atoms with Gasteiger partial charge in [-0.05, 0) is 58.3 Å². The maximum Gasteiger partial charge on any atom is 0.411 e. The van der Waals surface area contributed by atoms with Crippen LogP contribution in [0.3, 0.4) is 0 Å². The standard InChI is InChI=1S/C15H23NO4/c1-5-19-13(17)12-10-7-11(9-6-8(9)10)16(12)14(18)20-15(2,3)4/h8-12H,5-7H2,1-4H3/t8-,9+,10-,11+,12+/m1/s1. The third kappa shape index (κ3) is 2.07. The van der Waals surface area contributed by atoms with Gasteiger partial charge in [-0.3, -0.25) is 4.90 Å². The Hall–Kier alpha value is -1.26. The van der Waals surface area contributed by atoms with Crippen molar-refractivity contribution in [3.8, 4) is 0 Å². The fraction of sp³-hybridized carbons (Fsp3) is 0.867. The number of esters is 1. The molecule has 3 fully saturated rings. The number of carbonyl (C=O) groups is 2. The highest BCUT2D eigenvalue weighted by molar-refractivity contribution is 5.83. The molecular formula is C15H23NO4. The molecule has 1 amide bonds. The zero-order chi connectivity index (χ0) is 14.7. The lowest BCUT2D eigenvalue weighted by molar-refractivity contribution is -0.151. The maximum absolute atomic E-state index is 12.4. The number of hydrogen-bond donors (Lipinski definition) is 0. The average Bonchev–Trinajstić information content (AvgIpc) is 2.93. The quantitative estimate of drug-likeness (QED) is 0.728. The van der Waals surface area contributed by atoms with Crippen LogP contribution >= 0.6 is 0 Å². The van der Waals surface area contributed by atoms with E-state index >= 15 is 0 Å². The van der Waals surface area contributed by atoms with Crippen molar-refractivity contribution in [1.82, 2.24) is 4.90 Å². The second-order valence-corrected chi connectivity index (χ2v) is 7.11. The summed E-state index contributed by atoms with van der Waals surface area (Å²) in [6.07, 6.45) is 1.70. The first-order chi connectivity index (χ1) is 9.33. The molecule has 3 rings (SSSR count). The molecule has 2 aliphatic carbocycles. The summed E-state index contributed by atoms with van der Waals surface area (Å²) in [5, 5.41) is 0. The summed E-state index contributed by atoms with van der Waals surface area (Å²) in [5.74, 6) is 1.21. The molecule has 0 radical (unpaired) electrons. The monoisotopic (exact) mass is 281 g/mol. The number of rotatable bonds is 2. The Labute approximate surface area is 119 Å². The van der Waals surface area contributed by atoms with E-state index in [1.54, 1.807) is 11.8 Å². The fourth-order valence-corrected chi connectivity index (χ4v) is 3.97. The van der Waals surface area contributed by atoms with Crippen molar-refractivity contribution in [1.29, 1.82) is 0 Å². The molecule has 112 valence electrons. The van der Waals surface area contributed by atoms with Gasteiger partial charge in [0.05, 0.1) is 6.61 Å². The molecule has 5 nitrogen and oxygen atoms in total. The number of amides is 1. The van der Waals surface area contributed by atoms with Gasteiger partial charge in [-0.1, -0.05) is 0 Å². The van der Waals surface area contributed by atoms with Crippen LogP contribution in [0.25, 0.3) is 0 Å². The second kappa shape index (κ2) is 4.37. The molecule has 0 aromatic carbocycles. The molecule has 0 aromatic heterocycles. The van der Waals surface area contributed by atoms with Crippen molar-refractivity contribution in [2.24, 2.45) is 17.8 Å². The second-order valence-electron chi connectivity index (χ2n) is 7.11. The van der Waals surface area contributed by atoms with Crippen molar-refractivity contribution in [3.05, 3.63) is 0 Å². The predicted molar refractivity (Wildman–Crippen MR) is 72.0 cm³/mol. The minimum atomic E-state index is -0.541. The summed E-state index contributed by atoms with van der Waals surface area (Å²) in [4.78, 5) is 26.3. The molecule has 0 spiro atoms. The third-order valence-corrected chi connectivity index (χ3v) is 4.64. The van der Waals surface area contributed by atoms with Crippen molar-refractivity contribution in [2.75, 3.05) is 6.61 Å². The lowest BCUT2D eigenvalue weighted by Crippen LogP contribution is -2.52. The Morgan fingerprint density at radius 1 is 1.15 bits per heavy atom. The molecule has 1 aliphatic heterocycles. The number of ether oxygens (including phenoxy) is 2. The van der Waals surface area contributed by atoms with Gasteiger partial charge in [-0.2, -0.15) is 0 Å². The first-order valence-corrected chi connectivity index (χ1v) is 7.51. The van der Waals surface area contributed by atoms with Gasteiger partial charge >= 0.3 is 12.1 Å². The number of carbonyl (C=O) groups excluding carboxylic acids is 2. The molecule has 2 saturated carbocycles. The van der Waals surface area contributed by atoms with Gasteiger partial charge in [-0.15, -0.1) is 0 Å². The number of fused-ring (bicyclic) bond motifs is 5. The summed E-state index contributed by atoms with van der Waals surface area (Å²) in [6.45, 7) is 7.68. The highest BCUT2D eigenvalue weighted by Gasteiger charge is 2.68. The SMILES string of the molecule is CCOC(=O)[C@@H]1[C@@H]2C[C@@H]([C@H]3C[C@@H]23)N1C(=O)OC(C)(C)C. The van der Waals surface area contributed by atoms with E-state index in [9.17, 15) is 9.59 Å². The van der Waals surface area contributed by atoms with E-state index in [4.69, 9.17) is 9.47 Å². The summed E-state index contributed by atoms with van der Waals surface area (Å²) < 4.78 is 10.6. The molecule has 20 heavy (non-hydrogen) atoms. The normalized spacial score (nSPS) is 37.6. The summed E-state index contributed by atoms with van der Waals surface area (Å²) in [7, 11) is 0. The lowest BCUT2D eigenvalue weighted by Gasteiger charge is -2.34. The van der Waals surface area contributed by atoms with Crippen LogP contribution in [0.2, 0.25) is 0 Å². The first-order valence-electron chi connectivity index (χ1n) is 7.51. The first kappa shape index (κ1) is 13.7. The van der Waals surface area contributed by atoms with Gasteiger partial charge in [0.25, 0.3) is 0 Å². The molecular weight excluding hydrogens is 258 g/mol.